The van der Waals surface area contributed by atoms with Crippen LogP contribution in [0.3, 0.4) is 0 Å². The summed E-state index contributed by atoms with van der Waals surface area (Å²) >= 11 is 3.54. The van der Waals surface area contributed by atoms with Gasteiger partial charge in [-0.2, -0.15) is 11.8 Å². The Bertz CT molecular complexity index is 583. The molecule has 0 aliphatic carbocycles. The fraction of sp³-hybridized carbons (Fsp3) is 0.333. The minimum atomic E-state index is -0.847. The predicted molar refractivity (Wildman–Crippen MR) is 79.4 cm³/mol. The Labute approximate surface area is 120 Å². The van der Waals surface area contributed by atoms with E-state index < -0.39 is 6.10 Å². The minimum Gasteiger partial charge on any atom is -0.383 e. The molecule has 1 atom stereocenters. The maximum Gasteiger partial charge on any atom is 0.129 e. The van der Waals surface area contributed by atoms with Crippen molar-refractivity contribution in [2.75, 3.05) is 5.75 Å². The van der Waals surface area contributed by atoms with Crippen LogP contribution in [0, 0.1) is 12.7 Å². The highest BCUT2D eigenvalue weighted by Gasteiger charge is 2.21. The third kappa shape index (κ3) is 2.57. The molecule has 1 aromatic carbocycles. The number of hydrogen-bond donors (Lipinski definition) is 1. The highest BCUT2D eigenvalue weighted by atomic mass is 32.2. The summed E-state index contributed by atoms with van der Waals surface area (Å²) in [7, 11) is 0. The number of aliphatic hydroxyl groups is 1. The summed E-state index contributed by atoms with van der Waals surface area (Å²) in [6, 6.07) is 6.92. The molecule has 4 heteroatoms. The van der Waals surface area contributed by atoms with Gasteiger partial charge >= 0.3 is 0 Å². The summed E-state index contributed by atoms with van der Waals surface area (Å²) in [6.45, 7) is 1.91. The maximum atomic E-state index is 13.8. The van der Waals surface area contributed by atoms with Crippen molar-refractivity contribution in [3.63, 3.8) is 0 Å². The third-order valence-corrected chi connectivity index (χ3v) is 5.66. The number of thioether (sulfide) groups is 1. The first-order valence-corrected chi connectivity index (χ1v) is 8.25. The van der Waals surface area contributed by atoms with Crippen LogP contribution in [0.15, 0.2) is 24.3 Å². The summed E-state index contributed by atoms with van der Waals surface area (Å²) in [4.78, 5) is 2.21. The van der Waals surface area contributed by atoms with Crippen molar-refractivity contribution in [3.05, 3.63) is 56.5 Å². The summed E-state index contributed by atoms with van der Waals surface area (Å²) in [6.07, 6.45) is 0.216. The number of rotatable bonds is 2. The Kier molecular flexibility index (Phi) is 3.65. The van der Waals surface area contributed by atoms with E-state index >= 15 is 0 Å². The average Bonchev–Trinajstić information content (AvgIpc) is 2.84. The molecule has 0 saturated heterocycles. The van der Waals surface area contributed by atoms with E-state index in [0.29, 0.717) is 5.56 Å². The van der Waals surface area contributed by atoms with Gasteiger partial charge in [0.1, 0.15) is 11.9 Å². The van der Waals surface area contributed by atoms with Crippen molar-refractivity contribution in [3.8, 4) is 0 Å². The van der Waals surface area contributed by atoms with Gasteiger partial charge in [-0.15, -0.1) is 11.3 Å². The molecular weight excluding hydrogens is 279 g/mol. The van der Waals surface area contributed by atoms with E-state index in [0.717, 1.165) is 28.4 Å². The van der Waals surface area contributed by atoms with Crippen molar-refractivity contribution < 1.29 is 9.50 Å². The molecule has 0 fully saturated rings. The van der Waals surface area contributed by atoms with Crippen molar-refractivity contribution in [2.24, 2.45) is 0 Å². The fourth-order valence-electron chi connectivity index (χ4n) is 2.33. The zero-order valence-electron chi connectivity index (χ0n) is 10.6. The number of aryl methyl sites for hydroxylation is 2. The zero-order chi connectivity index (χ0) is 13.4. The largest absolute Gasteiger partial charge is 0.383 e. The zero-order valence-corrected chi connectivity index (χ0v) is 12.3. The number of aliphatic hydroxyl groups excluding tert-OH is 1. The molecule has 100 valence electrons. The third-order valence-electron chi connectivity index (χ3n) is 3.36. The summed E-state index contributed by atoms with van der Waals surface area (Å²) < 4.78 is 13.8. The van der Waals surface area contributed by atoms with Crippen LogP contribution in [0.25, 0.3) is 0 Å². The highest BCUT2D eigenvalue weighted by Crippen LogP contribution is 2.37. The SMILES string of the molecule is Cc1ccc(F)c(C(O)c2cc3c(s2)CCSC3)c1. The van der Waals surface area contributed by atoms with Crippen LogP contribution in [0.2, 0.25) is 0 Å². The van der Waals surface area contributed by atoms with Crippen LogP contribution in [0.5, 0.6) is 0 Å². The lowest BCUT2D eigenvalue weighted by Gasteiger charge is -2.10. The van der Waals surface area contributed by atoms with Crippen molar-refractivity contribution >= 4 is 23.1 Å². The van der Waals surface area contributed by atoms with Crippen LogP contribution in [0.1, 0.15) is 32.5 Å². The first kappa shape index (κ1) is 13.2. The number of benzene rings is 1. The van der Waals surface area contributed by atoms with E-state index in [4.69, 9.17) is 0 Å². The van der Waals surface area contributed by atoms with E-state index in [-0.39, 0.29) is 5.82 Å². The van der Waals surface area contributed by atoms with Crippen LogP contribution < -0.4 is 0 Å². The van der Waals surface area contributed by atoms with Gasteiger partial charge in [-0.25, -0.2) is 4.39 Å². The molecule has 1 N–H and O–H groups in total. The lowest BCUT2D eigenvalue weighted by Crippen LogP contribution is -2.01. The van der Waals surface area contributed by atoms with Gasteiger partial charge in [0.05, 0.1) is 0 Å². The monoisotopic (exact) mass is 294 g/mol. The minimum absolute atomic E-state index is 0.334. The van der Waals surface area contributed by atoms with E-state index in [1.165, 1.54) is 16.5 Å². The van der Waals surface area contributed by atoms with Crippen LogP contribution in [-0.4, -0.2) is 10.9 Å². The van der Waals surface area contributed by atoms with Crippen LogP contribution in [0.4, 0.5) is 4.39 Å². The fourth-order valence-corrected chi connectivity index (χ4v) is 4.71. The summed E-state index contributed by atoms with van der Waals surface area (Å²) in [5.41, 5.74) is 2.65. The Hall–Kier alpha value is -0.840. The van der Waals surface area contributed by atoms with Crippen molar-refractivity contribution in [1.29, 1.82) is 0 Å². The molecule has 1 aliphatic heterocycles. The lowest BCUT2D eigenvalue weighted by atomic mass is 10.0. The van der Waals surface area contributed by atoms with Crippen LogP contribution >= 0.6 is 23.1 Å². The normalized spacial score (nSPS) is 16.2. The van der Waals surface area contributed by atoms with Gasteiger partial charge in [-0.1, -0.05) is 17.7 Å². The van der Waals surface area contributed by atoms with Gasteiger partial charge in [0, 0.05) is 21.1 Å². The molecular formula is C15H15FOS2. The second-order valence-corrected chi connectivity index (χ2v) is 7.10. The first-order chi connectivity index (χ1) is 9.15. The van der Waals surface area contributed by atoms with E-state index in [1.807, 2.05) is 24.8 Å². The second kappa shape index (κ2) is 5.27. The molecule has 1 nitrogen and oxygen atoms in total. The Balaban J connectivity index is 1.97. The van der Waals surface area contributed by atoms with Crippen molar-refractivity contribution in [2.45, 2.75) is 25.2 Å². The number of fused-ring (bicyclic) bond motifs is 1. The summed E-state index contributed by atoms with van der Waals surface area (Å²) in [5, 5.41) is 10.4. The first-order valence-electron chi connectivity index (χ1n) is 6.28. The number of hydrogen-bond acceptors (Lipinski definition) is 3. The van der Waals surface area contributed by atoms with Gasteiger partial charge in [0.2, 0.25) is 0 Å². The molecule has 0 bridgehead atoms. The van der Waals surface area contributed by atoms with E-state index in [9.17, 15) is 9.50 Å². The number of halogens is 1. The predicted octanol–water partition coefficient (Wildman–Crippen LogP) is 4.07. The number of thiophene rings is 1. The molecule has 2 aromatic rings. The molecule has 3 rings (SSSR count). The highest BCUT2D eigenvalue weighted by molar-refractivity contribution is 7.98. The molecule has 0 amide bonds. The Morgan fingerprint density at radius 3 is 2.95 bits per heavy atom. The molecule has 0 saturated carbocycles. The summed E-state index contributed by atoms with van der Waals surface area (Å²) in [5.74, 6) is 1.82. The molecule has 2 heterocycles. The van der Waals surface area contributed by atoms with Gasteiger partial charge in [-0.05, 0) is 36.8 Å². The average molecular weight is 294 g/mol. The molecule has 1 unspecified atom stereocenters. The Morgan fingerprint density at radius 1 is 1.32 bits per heavy atom. The smallest absolute Gasteiger partial charge is 0.129 e. The molecule has 1 aliphatic rings. The van der Waals surface area contributed by atoms with Gasteiger partial charge in [0.25, 0.3) is 0 Å². The van der Waals surface area contributed by atoms with E-state index in [2.05, 4.69) is 0 Å². The molecule has 1 aromatic heterocycles. The lowest BCUT2D eigenvalue weighted by molar-refractivity contribution is 0.218. The van der Waals surface area contributed by atoms with Gasteiger partial charge in [0.15, 0.2) is 0 Å². The van der Waals surface area contributed by atoms with Gasteiger partial charge in [-0.3, -0.25) is 0 Å². The van der Waals surface area contributed by atoms with Gasteiger partial charge < -0.3 is 5.11 Å². The quantitative estimate of drug-likeness (QED) is 0.901. The molecule has 0 spiro atoms. The topological polar surface area (TPSA) is 20.2 Å². The molecule has 19 heavy (non-hydrogen) atoms. The Morgan fingerprint density at radius 2 is 2.16 bits per heavy atom. The van der Waals surface area contributed by atoms with E-state index in [1.54, 1.807) is 23.5 Å². The maximum absolute atomic E-state index is 13.8. The van der Waals surface area contributed by atoms with Crippen LogP contribution in [-0.2, 0) is 12.2 Å². The second-order valence-electron chi connectivity index (χ2n) is 4.83. The van der Waals surface area contributed by atoms with Crippen molar-refractivity contribution in [1.82, 2.24) is 0 Å². The molecule has 0 radical (unpaired) electrons. The standard InChI is InChI=1S/C15H15FOS2/c1-9-2-3-12(16)11(6-9)15(17)14-7-10-8-18-5-4-13(10)19-14/h2-3,6-7,15,17H,4-5,8H2,1H3.